The molecule has 0 aliphatic rings. The Hall–Kier alpha value is -5.42. The highest BCUT2D eigenvalue weighted by Gasteiger charge is 2.26. The first-order chi connectivity index (χ1) is 18.5. The minimum absolute atomic E-state index is 0.309. The van der Waals surface area contributed by atoms with Crippen molar-refractivity contribution in [2.75, 3.05) is 10.6 Å². The Morgan fingerprint density at radius 2 is 1.58 bits per heavy atom. The van der Waals surface area contributed by atoms with Crippen LogP contribution in [0.4, 0.5) is 11.5 Å². The van der Waals surface area contributed by atoms with E-state index >= 15 is 0 Å². The van der Waals surface area contributed by atoms with E-state index in [1.54, 1.807) is 43.3 Å². The predicted octanol–water partition coefficient (Wildman–Crippen LogP) is 5.76. The number of carbonyl (C=O) groups excluding carboxylic acids is 1. The van der Waals surface area contributed by atoms with Crippen LogP contribution in [0.15, 0.2) is 95.7 Å². The fourth-order valence-corrected chi connectivity index (χ4v) is 4.18. The summed E-state index contributed by atoms with van der Waals surface area (Å²) in [6.45, 7) is 1.60. The van der Waals surface area contributed by atoms with Gasteiger partial charge in [0.2, 0.25) is 5.71 Å². The van der Waals surface area contributed by atoms with Gasteiger partial charge in [-0.05, 0) is 36.1 Å². The SMILES string of the molecule is CC#CC(=O)Nc1ccc(-c2c(-c3ccccc3)oc3ncnc(N[C@H](C(=O)O)c4ccccc4)c23)cc1. The molecule has 0 saturated heterocycles. The zero-order chi connectivity index (χ0) is 26.5. The highest BCUT2D eigenvalue weighted by molar-refractivity contribution is 6.07. The molecule has 0 fully saturated rings. The van der Waals surface area contributed by atoms with Crippen LogP contribution in [-0.2, 0) is 9.59 Å². The quantitative estimate of drug-likeness (QED) is 0.242. The van der Waals surface area contributed by atoms with Crippen LogP contribution in [0.5, 0.6) is 0 Å². The zero-order valence-corrected chi connectivity index (χ0v) is 20.3. The lowest BCUT2D eigenvalue weighted by Gasteiger charge is -2.16. The minimum atomic E-state index is -1.05. The van der Waals surface area contributed by atoms with Crippen molar-refractivity contribution in [3.8, 4) is 34.3 Å². The third-order valence-corrected chi connectivity index (χ3v) is 5.86. The van der Waals surface area contributed by atoms with Gasteiger partial charge in [0.25, 0.3) is 5.91 Å². The Labute approximate surface area is 218 Å². The molecular formula is C30H22N4O4. The van der Waals surface area contributed by atoms with Gasteiger partial charge in [-0.3, -0.25) is 4.79 Å². The molecule has 2 aromatic heterocycles. The number of fused-ring (bicyclic) bond motifs is 1. The van der Waals surface area contributed by atoms with Gasteiger partial charge in [0.15, 0.2) is 6.04 Å². The number of anilines is 2. The van der Waals surface area contributed by atoms with Crippen molar-refractivity contribution in [3.05, 3.63) is 96.8 Å². The minimum Gasteiger partial charge on any atom is -0.479 e. The fraction of sp³-hybridized carbons (Fsp3) is 0.0667. The van der Waals surface area contributed by atoms with Crippen molar-refractivity contribution >= 4 is 34.5 Å². The van der Waals surface area contributed by atoms with Gasteiger partial charge in [-0.25, -0.2) is 14.8 Å². The number of nitrogens with one attached hydrogen (secondary N) is 2. The standard InChI is InChI=1S/C30H22N4O4/c1-2-9-23(35)33-22-16-14-19(15-17-22)24-25-28(34-26(30(36)37)20-10-5-3-6-11-20)31-18-32-29(25)38-27(24)21-12-7-4-8-13-21/h3-8,10-18,26H,1H3,(H,33,35)(H,36,37)(H,31,32,34)/t26-/m0/s1. The lowest BCUT2D eigenvalue weighted by atomic mass is 9.98. The maximum Gasteiger partial charge on any atom is 0.330 e. The summed E-state index contributed by atoms with van der Waals surface area (Å²) in [4.78, 5) is 32.9. The smallest absolute Gasteiger partial charge is 0.330 e. The topological polar surface area (TPSA) is 117 Å². The van der Waals surface area contributed by atoms with E-state index in [-0.39, 0.29) is 0 Å². The first-order valence-corrected chi connectivity index (χ1v) is 11.8. The van der Waals surface area contributed by atoms with Crippen LogP contribution in [0.3, 0.4) is 0 Å². The van der Waals surface area contributed by atoms with Crippen LogP contribution in [-0.4, -0.2) is 27.0 Å². The Kier molecular flexibility index (Phi) is 6.83. The summed E-state index contributed by atoms with van der Waals surface area (Å²) >= 11 is 0. The molecule has 0 unspecified atom stereocenters. The van der Waals surface area contributed by atoms with Crippen LogP contribution in [0, 0.1) is 11.8 Å². The summed E-state index contributed by atoms with van der Waals surface area (Å²) in [5, 5.41) is 16.4. The number of furan rings is 1. The third kappa shape index (κ3) is 4.94. The number of amides is 1. The molecule has 5 aromatic rings. The van der Waals surface area contributed by atoms with Gasteiger partial charge in [-0.1, -0.05) is 78.7 Å². The monoisotopic (exact) mass is 502 g/mol. The van der Waals surface area contributed by atoms with Crippen molar-refractivity contribution in [1.82, 2.24) is 9.97 Å². The summed E-state index contributed by atoms with van der Waals surface area (Å²) in [6, 6.07) is 24.6. The Balaban J connectivity index is 1.66. The number of benzene rings is 3. The molecule has 3 N–H and O–H groups in total. The fourth-order valence-electron chi connectivity index (χ4n) is 4.18. The molecule has 0 aliphatic heterocycles. The van der Waals surface area contributed by atoms with Crippen molar-refractivity contribution < 1.29 is 19.1 Å². The van der Waals surface area contributed by atoms with E-state index in [9.17, 15) is 14.7 Å². The van der Waals surface area contributed by atoms with Crippen LogP contribution in [0.25, 0.3) is 33.6 Å². The van der Waals surface area contributed by atoms with Gasteiger partial charge in [0.05, 0.1) is 5.39 Å². The normalized spacial score (nSPS) is 11.3. The molecule has 8 heteroatoms. The van der Waals surface area contributed by atoms with Crippen molar-refractivity contribution in [3.63, 3.8) is 0 Å². The van der Waals surface area contributed by atoms with E-state index in [0.717, 1.165) is 11.1 Å². The van der Waals surface area contributed by atoms with Gasteiger partial charge in [-0.15, -0.1) is 0 Å². The Morgan fingerprint density at radius 3 is 2.24 bits per heavy atom. The summed E-state index contributed by atoms with van der Waals surface area (Å²) in [5.41, 5.74) is 3.75. The number of nitrogens with zero attached hydrogens (tertiary/aromatic N) is 2. The zero-order valence-electron chi connectivity index (χ0n) is 20.3. The number of hydrogen-bond acceptors (Lipinski definition) is 6. The molecule has 0 bridgehead atoms. The second kappa shape index (κ2) is 10.7. The Morgan fingerprint density at radius 1 is 0.895 bits per heavy atom. The lowest BCUT2D eigenvalue weighted by Crippen LogP contribution is -2.21. The number of carboxylic acid groups (broad SMARTS) is 1. The van der Waals surface area contributed by atoms with E-state index in [1.165, 1.54) is 6.33 Å². The number of aliphatic carboxylic acids is 1. The second-order valence-corrected chi connectivity index (χ2v) is 8.31. The number of carboxylic acids is 1. The van der Waals surface area contributed by atoms with Crippen LogP contribution in [0.2, 0.25) is 0 Å². The van der Waals surface area contributed by atoms with Crippen LogP contribution in [0.1, 0.15) is 18.5 Å². The van der Waals surface area contributed by atoms with Crippen LogP contribution >= 0.6 is 0 Å². The highest BCUT2D eigenvalue weighted by Crippen LogP contribution is 2.43. The van der Waals surface area contributed by atoms with E-state index < -0.39 is 17.9 Å². The molecule has 38 heavy (non-hydrogen) atoms. The molecule has 1 amide bonds. The van der Waals surface area contributed by atoms with Crippen molar-refractivity contribution in [2.24, 2.45) is 0 Å². The molecule has 2 heterocycles. The van der Waals surface area contributed by atoms with Crippen LogP contribution < -0.4 is 10.6 Å². The van der Waals surface area contributed by atoms with E-state index in [0.29, 0.717) is 39.5 Å². The third-order valence-electron chi connectivity index (χ3n) is 5.86. The molecule has 0 saturated carbocycles. The van der Waals surface area contributed by atoms with E-state index in [1.807, 2.05) is 48.5 Å². The van der Waals surface area contributed by atoms with Gasteiger partial charge in [0.1, 0.15) is 17.9 Å². The molecule has 0 aliphatic carbocycles. The molecule has 186 valence electrons. The summed E-state index contributed by atoms with van der Waals surface area (Å²) in [6.07, 6.45) is 1.34. The average molecular weight is 503 g/mol. The molecule has 8 nitrogen and oxygen atoms in total. The van der Waals surface area contributed by atoms with E-state index in [4.69, 9.17) is 4.42 Å². The summed E-state index contributed by atoms with van der Waals surface area (Å²) < 4.78 is 6.23. The van der Waals surface area contributed by atoms with Gasteiger partial charge < -0.3 is 20.2 Å². The number of rotatable bonds is 7. The maximum absolute atomic E-state index is 12.2. The highest BCUT2D eigenvalue weighted by atomic mass is 16.4. The predicted molar refractivity (Wildman–Crippen MR) is 145 cm³/mol. The summed E-state index contributed by atoms with van der Waals surface area (Å²) in [7, 11) is 0. The van der Waals surface area contributed by atoms with Gasteiger partial charge in [-0.2, -0.15) is 0 Å². The lowest BCUT2D eigenvalue weighted by molar-refractivity contribution is -0.138. The first-order valence-electron chi connectivity index (χ1n) is 11.8. The summed E-state index contributed by atoms with van der Waals surface area (Å²) in [5.74, 6) is 4.45. The molecular weight excluding hydrogens is 480 g/mol. The maximum atomic E-state index is 12.2. The van der Waals surface area contributed by atoms with E-state index in [2.05, 4.69) is 32.4 Å². The number of carbonyl (C=O) groups is 2. The molecule has 3 aromatic carbocycles. The first kappa shape index (κ1) is 24.3. The average Bonchev–Trinajstić information content (AvgIpc) is 3.33. The molecule has 0 radical (unpaired) electrons. The molecule has 1 atom stereocenters. The van der Waals surface area contributed by atoms with Crippen molar-refractivity contribution in [2.45, 2.75) is 13.0 Å². The molecule has 5 rings (SSSR count). The number of hydrogen-bond donors (Lipinski definition) is 3. The largest absolute Gasteiger partial charge is 0.479 e. The van der Waals surface area contributed by atoms with Gasteiger partial charge >= 0.3 is 5.97 Å². The van der Waals surface area contributed by atoms with Crippen molar-refractivity contribution in [1.29, 1.82) is 0 Å². The molecule has 0 spiro atoms. The second-order valence-electron chi connectivity index (χ2n) is 8.31. The Bertz CT molecular complexity index is 1670. The number of aromatic nitrogens is 2. The van der Waals surface area contributed by atoms with Gasteiger partial charge in [0, 0.05) is 16.8 Å².